The molecule has 5 heteroatoms. The SMILES string of the molecule is Cc1ccc(S(=O)(=O)N2C[C@H](Cc3ccccc3)[C@@H]([Si](c3ccccc3)(c3ccccc3)C(C)(C)C)C2)cc1. The Balaban J connectivity index is 1.70. The number of aryl methyl sites for hydroxylation is 1. The summed E-state index contributed by atoms with van der Waals surface area (Å²) in [5, 5.41) is 2.70. The molecule has 1 aliphatic rings. The van der Waals surface area contributed by atoms with Crippen molar-refractivity contribution in [2.45, 2.75) is 49.6 Å². The molecule has 0 saturated carbocycles. The molecule has 0 N–H and O–H groups in total. The van der Waals surface area contributed by atoms with Crippen molar-refractivity contribution in [2.75, 3.05) is 13.1 Å². The minimum absolute atomic E-state index is 0.0566. The van der Waals surface area contributed by atoms with Crippen molar-refractivity contribution in [3.05, 3.63) is 126 Å². The monoisotopic (exact) mass is 553 g/mol. The highest BCUT2D eigenvalue weighted by molar-refractivity contribution is 7.89. The Morgan fingerprint density at radius 2 is 1.21 bits per heavy atom. The average Bonchev–Trinajstić information content (AvgIpc) is 3.35. The molecular weight excluding hydrogens is 515 g/mol. The van der Waals surface area contributed by atoms with Crippen LogP contribution >= 0.6 is 0 Å². The highest BCUT2D eigenvalue weighted by Gasteiger charge is 2.58. The maximum absolute atomic E-state index is 14.1. The zero-order chi connectivity index (χ0) is 27.7. The molecule has 0 aliphatic carbocycles. The van der Waals surface area contributed by atoms with Crippen LogP contribution in [0, 0.1) is 12.8 Å². The molecule has 0 aromatic heterocycles. The van der Waals surface area contributed by atoms with E-state index in [1.807, 2.05) is 25.1 Å². The van der Waals surface area contributed by atoms with Gasteiger partial charge in [-0.05, 0) is 47.5 Å². The van der Waals surface area contributed by atoms with E-state index < -0.39 is 18.1 Å². The van der Waals surface area contributed by atoms with Crippen LogP contribution in [0.2, 0.25) is 10.6 Å². The number of rotatable bonds is 7. The third-order valence-electron chi connectivity index (χ3n) is 8.60. The van der Waals surface area contributed by atoms with Gasteiger partial charge in [0.15, 0.2) is 0 Å². The Hall–Kier alpha value is -2.99. The summed E-state index contributed by atoms with van der Waals surface area (Å²) < 4.78 is 29.9. The molecular formula is C34H39NO2SSi. The van der Waals surface area contributed by atoms with Gasteiger partial charge >= 0.3 is 0 Å². The Morgan fingerprint density at radius 1 is 0.718 bits per heavy atom. The number of sulfonamides is 1. The lowest BCUT2D eigenvalue weighted by atomic mass is 9.98. The minimum atomic E-state index is -3.63. The van der Waals surface area contributed by atoms with E-state index in [2.05, 4.69) is 106 Å². The van der Waals surface area contributed by atoms with Gasteiger partial charge in [0.05, 0.1) is 4.90 Å². The summed E-state index contributed by atoms with van der Waals surface area (Å²) in [5.41, 5.74) is 2.52. The van der Waals surface area contributed by atoms with E-state index in [4.69, 9.17) is 0 Å². The maximum atomic E-state index is 14.1. The van der Waals surface area contributed by atoms with Crippen molar-refractivity contribution in [1.29, 1.82) is 0 Å². The summed E-state index contributed by atoms with van der Waals surface area (Å²) in [5.74, 6) is 0.193. The molecule has 5 rings (SSSR count). The Kier molecular flexibility index (Phi) is 7.69. The maximum Gasteiger partial charge on any atom is 0.243 e. The van der Waals surface area contributed by atoms with Gasteiger partial charge in [0.2, 0.25) is 10.0 Å². The van der Waals surface area contributed by atoms with Crippen LogP contribution in [-0.4, -0.2) is 33.9 Å². The molecule has 39 heavy (non-hydrogen) atoms. The van der Waals surface area contributed by atoms with E-state index in [1.54, 1.807) is 16.4 Å². The van der Waals surface area contributed by atoms with Crippen molar-refractivity contribution < 1.29 is 8.42 Å². The van der Waals surface area contributed by atoms with Crippen LogP contribution < -0.4 is 10.4 Å². The first kappa shape index (κ1) is 27.6. The smallest absolute Gasteiger partial charge is 0.207 e. The molecule has 0 spiro atoms. The zero-order valence-corrected chi connectivity index (χ0v) is 25.2. The van der Waals surface area contributed by atoms with Crippen LogP contribution in [0.15, 0.2) is 120 Å². The molecule has 4 aromatic rings. The fourth-order valence-electron chi connectivity index (χ4n) is 6.92. The summed E-state index contributed by atoms with van der Waals surface area (Å²) in [6.45, 7) is 10.2. The van der Waals surface area contributed by atoms with Gasteiger partial charge in [-0.3, -0.25) is 0 Å². The lowest BCUT2D eigenvalue weighted by Crippen LogP contribution is -2.68. The molecule has 1 aliphatic heterocycles. The first-order chi connectivity index (χ1) is 18.6. The third kappa shape index (κ3) is 5.16. The van der Waals surface area contributed by atoms with Crippen molar-refractivity contribution in [2.24, 2.45) is 5.92 Å². The van der Waals surface area contributed by atoms with Crippen LogP contribution in [0.4, 0.5) is 0 Å². The van der Waals surface area contributed by atoms with Crippen molar-refractivity contribution in [3.63, 3.8) is 0 Å². The number of benzene rings is 4. The summed E-state index contributed by atoms with van der Waals surface area (Å²) in [6, 6.07) is 39.8. The molecule has 1 fully saturated rings. The lowest BCUT2D eigenvalue weighted by Gasteiger charge is -2.50. The molecule has 4 aromatic carbocycles. The minimum Gasteiger partial charge on any atom is -0.207 e. The molecule has 202 valence electrons. The summed E-state index contributed by atoms with van der Waals surface area (Å²) in [7, 11) is -6.20. The van der Waals surface area contributed by atoms with E-state index >= 15 is 0 Å². The van der Waals surface area contributed by atoms with E-state index in [-0.39, 0.29) is 16.5 Å². The summed E-state index contributed by atoms with van der Waals surface area (Å²) in [6.07, 6.45) is 0.857. The van der Waals surface area contributed by atoms with Crippen LogP contribution in [0.3, 0.4) is 0 Å². The molecule has 0 amide bonds. The predicted molar refractivity (Wildman–Crippen MR) is 165 cm³/mol. The Labute approximate surface area is 235 Å². The second-order valence-corrected chi connectivity index (χ2v) is 18.9. The zero-order valence-electron chi connectivity index (χ0n) is 23.4. The van der Waals surface area contributed by atoms with E-state index in [0.717, 1.165) is 12.0 Å². The van der Waals surface area contributed by atoms with E-state index in [9.17, 15) is 8.42 Å². The molecule has 1 heterocycles. The van der Waals surface area contributed by atoms with Gasteiger partial charge < -0.3 is 0 Å². The Morgan fingerprint density at radius 3 is 1.69 bits per heavy atom. The van der Waals surface area contributed by atoms with Crippen molar-refractivity contribution in [1.82, 2.24) is 4.31 Å². The third-order valence-corrected chi connectivity index (χ3v) is 17.1. The molecule has 0 unspecified atom stereocenters. The van der Waals surface area contributed by atoms with Gasteiger partial charge in [-0.15, -0.1) is 0 Å². The average molecular weight is 554 g/mol. The van der Waals surface area contributed by atoms with Gasteiger partial charge in [-0.2, -0.15) is 4.31 Å². The van der Waals surface area contributed by atoms with E-state index in [0.29, 0.717) is 18.0 Å². The van der Waals surface area contributed by atoms with Gasteiger partial charge in [0, 0.05) is 13.1 Å². The summed E-state index contributed by atoms with van der Waals surface area (Å²) >= 11 is 0. The van der Waals surface area contributed by atoms with Crippen LogP contribution in [0.1, 0.15) is 31.9 Å². The second kappa shape index (κ2) is 10.9. The fraction of sp³-hybridized carbons (Fsp3) is 0.294. The quantitative estimate of drug-likeness (QED) is 0.252. The van der Waals surface area contributed by atoms with Gasteiger partial charge in [-0.25, -0.2) is 8.42 Å². The lowest BCUT2D eigenvalue weighted by molar-refractivity contribution is 0.456. The molecule has 0 radical (unpaired) electrons. The van der Waals surface area contributed by atoms with Gasteiger partial charge in [-0.1, -0.05) is 140 Å². The molecule has 1 saturated heterocycles. The molecule has 2 atom stereocenters. The fourth-order valence-corrected chi connectivity index (χ4v) is 15.5. The van der Waals surface area contributed by atoms with Gasteiger partial charge in [0.25, 0.3) is 0 Å². The standard InChI is InChI=1S/C34H39NO2SSi/c1-27-20-22-30(23-21-27)38(36,37)35-25-29(24-28-14-8-5-9-15-28)33(26-35)39(34(2,3)4,31-16-10-6-11-17-31)32-18-12-7-13-19-32/h5-23,29,33H,24-26H2,1-4H3/t29-,33-/m0/s1. The normalized spacial score (nSPS) is 18.8. The Bertz CT molecular complexity index is 1440. The first-order valence-corrected chi connectivity index (χ1v) is 17.4. The molecule has 3 nitrogen and oxygen atoms in total. The van der Waals surface area contributed by atoms with Crippen LogP contribution in [0.25, 0.3) is 0 Å². The van der Waals surface area contributed by atoms with Crippen LogP contribution in [0.5, 0.6) is 0 Å². The summed E-state index contributed by atoms with van der Waals surface area (Å²) in [4.78, 5) is 0.384. The molecule has 0 bridgehead atoms. The predicted octanol–water partition coefficient (Wildman–Crippen LogP) is 6.29. The van der Waals surface area contributed by atoms with Crippen molar-refractivity contribution >= 4 is 28.5 Å². The van der Waals surface area contributed by atoms with Crippen LogP contribution in [-0.2, 0) is 16.4 Å². The number of hydrogen-bond donors (Lipinski definition) is 0. The largest absolute Gasteiger partial charge is 0.243 e. The number of hydrogen-bond acceptors (Lipinski definition) is 2. The highest BCUT2D eigenvalue weighted by Crippen LogP contribution is 2.50. The number of nitrogens with zero attached hydrogens (tertiary/aromatic N) is 1. The second-order valence-electron chi connectivity index (χ2n) is 12.0. The van der Waals surface area contributed by atoms with E-state index in [1.165, 1.54) is 15.9 Å². The topological polar surface area (TPSA) is 37.4 Å². The highest BCUT2D eigenvalue weighted by atomic mass is 32.2. The van der Waals surface area contributed by atoms with Gasteiger partial charge in [0.1, 0.15) is 8.07 Å². The van der Waals surface area contributed by atoms with Crippen molar-refractivity contribution in [3.8, 4) is 0 Å². The first-order valence-electron chi connectivity index (χ1n) is 13.9.